The van der Waals surface area contributed by atoms with Crippen molar-refractivity contribution in [2.75, 3.05) is 45.5 Å². The van der Waals surface area contributed by atoms with Gasteiger partial charge in [-0.3, -0.25) is 9.35 Å². The van der Waals surface area contributed by atoms with E-state index < -0.39 is 10.1 Å². The molecule has 1 amide bonds. The average Bonchev–Trinajstić information content (AvgIpc) is 2.61. The normalized spacial score (nSPS) is 13.6. The first-order valence-electron chi connectivity index (χ1n) is 11.0. The summed E-state index contributed by atoms with van der Waals surface area (Å²) < 4.78 is 31.3. The molecule has 0 saturated carbocycles. The van der Waals surface area contributed by atoms with E-state index in [1.165, 1.54) is 38.5 Å². The van der Waals surface area contributed by atoms with Crippen molar-refractivity contribution < 1.29 is 22.2 Å². The summed E-state index contributed by atoms with van der Waals surface area (Å²) in [6.45, 7) is 12.3. The third kappa shape index (κ3) is 15.3. The highest BCUT2D eigenvalue weighted by Crippen LogP contribution is 2.11. The summed E-state index contributed by atoms with van der Waals surface area (Å²) in [6.07, 6.45) is 13.6. The highest BCUT2D eigenvalue weighted by Gasteiger charge is 2.27. The molecule has 29 heavy (non-hydrogen) atoms. The van der Waals surface area contributed by atoms with Gasteiger partial charge in [-0.1, -0.05) is 64.5 Å². The third-order valence-electron chi connectivity index (χ3n) is 5.17. The predicted molar refractivity (Wildman–Crippen MR) is 121 cm³/mol. The van der Waals surface area contributed by atoms with Gasteiger partial charge in [0.2, 0.25) is 0 Å². The molecule has 0 radical (unpaired) electrons. The standard InChI is InChI=1S/C22H42N2O4S/c1-5-8-9-10-11-12-13-14-17-23(16-6-2)22(25)21-24(4,18-7-3)19-15-20-29(26,27)28/h6-7H,2-3,5,8-21H2,1,4H3/p+1. The zero-order valence-electron chi connectivity index (χ0n) is 18.7. The van der Waals surface area contributed by atoms with Crippen molar-refractivity contribution in [1.29, 1.82) is 0 Å². The largest absolute Gasteiger partial charge is 0.334 e. The molecule has 0 rings (SSSR count). The number of unbranched alkanes of at least 4 members (excludes halogenated alkanes) is 7. The van der Waals surface area contributed by atoms with E-state index in [1.807, 2.05) is 11.9 Å². The topological polar surface area (TPSA) is 74.7 Å². The SMILES string of the molecule is C=CCN(CCCCCCCCCC)C(=O)C[N+](C)(CC=C)CCCS(=O)(=O)O. The van der Waals surface area contributed by atoms with Gasteiger partial charge in [-0.2, -0.15) is 8.42 Å². The van der Waals surface area contributed by atoms with Crippen molar-refractivity contribution in [3.8, 4) is 0 Å². The maximum atomic E-state index is 12.9. The molecule has 1 unspecified atom stereocenters. The Kier molecular flexibility index (Phi) is 15.0. The van der Waals surface area contributed by atoms with Crippen molar-refractivity contribution in [3.63, 3.8) is 0 Å². The Hall–Kier alpha value is -1.18. The lowest BCUT2D eigenvalue weighted by molar-refractivity contribution is -0.896. The van der Waals surface area contributed by atoms with Crippen LogP contribution in [-0.4, -0.2) is 73.8 Å². The predicted octanol–water partition coefficient (Wildman–Crippen LogP) is 4.05. The van der Waals surface area contributed by atoms with Crippen LogP contribution in [0.3, 0.4) is 0 Å². The van der Waals surface area contributed by atoms with Crippen LogP contribution < -0.4 is 0 Å². The molecule has 0 aromatic rings. The van der Waals surface area contributed by atoms with Gasteiger partial charge in [-0.15, -0.1) is 6.58 Å². The van der Waals surface area contributed by atoms with Crippen molar-refractivity contribution in [3.05, 3.63) is 25.3 Å². The molecule has 0 saturated heterocycles. The summed E-state index contributed by atoms with van der Waals surface area (Å²) in [5.41, 5.74) is 0. The molecule has 0 aliphatic heterocycles. The summed E-state index contributed by atoms with van der Waals surface area (Å²) in [6, 6.07) is 0. The maximum Gasteiger partial charge on any atom is 0.278 e. The molecule has 0 aliphatic rings. The second kappa shape index (κ2) is 15.6. The van der Waals surface area contributed by atoms with E-state index in [1.54, 1.807) is 12.2 Å². The van der Waals surface area contributed by atoms with E-state index in [2.05, 4.69) is 20.1 Å². The van der Waals surface area contributed by atoms with Gasteiger partial charge in [-0.25, -0.2) is 0 Å². The molecule has 0 aromatic heterocycles. The number of hydrogen-bond acceptors (Lipinski definition) is 3. The van der Waals surface area contributed by atoms with Crippen molar-refractivity contribution in [2.45, 2.75) is 64.7 Å². The summed E-state index contributed by atoms with van der Waals surface area (Å²) in [5.74, 6) is -0.245. The molecule has 1 atom stereocenters. The Morgan fingerprint density at radius 3 is 2.10 bits per heavy atom. The van der Waals surface area contributed by atoms with Crippen LogP contribution in [0.1, 0.15) is 64.7 Å². The van der Waals surface area contributed by atoms with E-state index in [4.69, 9.17) is 4.55 Å². The van der Waals surface area contributed by atoms with E-state index in [0.717, 1.165) is 19.4 Å². The van der Waals surface area contributed by atoms with Crippen LogP contribution >= 0.6 is 0 Å². The van der Waals surface area contributed by atoms with E-state index in [9.17, 15) is 13.2 Å². The Labute approximate surface area is 179 Å². The maximum absolute atomic E-state index is 12.9. The number of carbonyl (C=O) groups excluding carboxylic acids is 1. The minimum Gasteiger partial charge on any atom is -0.334 e. The Morgan fingerprint density at radius 2 is 1.59 bits per heavy atom. The van der Waals surface area contributed by atoms with Gasteiger partial charge in [-0.05, 0) is 12.5 Å². The van der Waals surface area contributed by atoms with Crippen LogP contribution in [0.5, 0.6) is 0 Å². The van der Waals surface area contributed by atoms with Crippen LogP contribution in [0.15, 0.2) is 25.3 Å². The molecule has 1 N–H and O–H groups in total. The molecule has 0 aromatic carbocycles. The molecular weight excluding hydrogens is 388 g/mol. The summed E-state index contributed by atoms with van der Waals surface area (Å²) in [7, 11) is -2.06. The summed E-state index contributed by atoms with van der Waals surface area (Å²) in [5, 5.41) is 0. The molecule has 0 heterocycles. The van der Waals surface area contributed by atoms with Gasteiger partial charge < -0.3 is 9.38 Å². The lowest BCUT2D eigenvalue weighted by Crippen LogP contribution is -2.52. The first-order valence-corrected chi connectivity index (χ1v) is 12.6. The molecule has 7 heteroatoms. The molecule has 0 spiro atoms. The van der Waals surface area contributed by atoms with Crippen molar-refractivity contribution in [1.82, 2.24) is 4.90 Å². The van der Waals surface area contributed by atoms with Crippen LogP contribution in [0, 0.1) is 0 Å². The molecule has 0 aliphatic carbocycles. The number of hydrogen-bond donors (Lipinski definition) is 1. The van der Waals surface area contributed by atoms with Gasteiger partial charge in [0.05, 0.1) is 25.9 Å². The van der Waals surface area contributed by atoms with Crippen molar-refractivity contribution >= 4 is 16.0 Å². The van der Waals surface area contributed by atoms with Crippen molar-refractivity contribution in [2.24, 2.45) is 0 Å². The second-order valence-corrected chi connectivity index (χ2v) is 9.79. The monoisotopic (exact) mass is 431 g/mol. The average molecular weight is 432 g/mol. The number of likely N-dealkylation sites (N-methyl/N-ethyl adjacent to an activating group) is 1. The smallest absolute Gasteiger partial charge is 0.278 e. The minimum absolute atomic E-state index is 0.0454. The van der Waals surface area contributed by atoms with Gasteiger partial charge in [0, 0.05) is 19.5 Å². The number of amides is 1. The molecule has 0 bridgehead atoms. The molecule has 0 fully saturated rings. The van der Waals surface area contributed by atoms with Crippen LogP contribution in [-0.2, 0) is 14.9 Å². The number of nitrogens with zero attached hydrogens (tertiary/aromatic N) is 2. The Morgan fingerprint density at radius 1 is 1.00 bits per heavy atom. The van der Waals surface area contributed by atoms with Gasteiger partial charge in [0.25, 0.3) is 16.0 Å². The lowest BCUT2D eigenvalue weighted by Gasteiger charge is -2.35. The lowest BCUT2D eigenvalue weighted by atomic mass is 10.1. The molecule has 170 valence electrons. The van der Waals surface area contributed by atoms with E-state index in [-0.39, 0.29) is 18.2 Å². The quantitative estimate of drug-likeness (QED) is 0.145. The zero-order chi connectivity index (χ0) is 22.2. The summed E-state index contributed by atoms with van der Waals surface area (Å²) >= 11 is 0. The molecular formula is C22H43N2O4S+. The Bertz CT molecular complexity index is 577. The first-order chi connectivity index (χ1) is 13.7. The fraction of sp³-hybridized carbons (Fsp3) is 0.773. The molecule has 6 nitrogen and oxygen atoms in total. The highest BCUT2D eigenvalue weighted by molar-refractivity contribution is 7.85. The van der Waals surface area contributed by atoms with E-state index >= 15 is 0 Å². The number of rotatable bonds is 19. The Balaban J connectivity index is 4.53. The fourth-order valence-electron chi connectivity index (χ4n) is 3.51. The van der Waals surface area contributed by atoms with Gasteiger partial charge >= 0.3 is 0 Å². The minimum atomic E-state index is -3.98. The van der Waals surface area contributed by atoms with E-state index in [0.29, 0.717) is 30.5 Å². The highest BCUT2D eigenvalue weighted by atomic mass is 32.2. The van der Waals surface area contributed by atoms with Crippen LogP contribution in [0.4, 0.5) is 0 Å². The summed E-state index contributed by atoms with van der Waals surface area (Å²) in [4.78, 5) is 14.7. The number of quaternary nitrogens is 1. The van der Waals surface area contributed by atoms with Gasteiger partial charge in [0.15, 0.2) is 6.54 Å². The number of carbonyl (C=O) groups is 1. The fourth-order valence-corrected chi connectivity index (χ4v) is 4.01. The zero-order valence-corrected chi connectivity index (χ0v) is 19.5. The van der Waals surface area contributed by atoms with Crippen LogP contribution in [0.25, 0.3) is 0 Å². The third-order valence-corrected chi connectivity index (χ3v) is 5.98. The second-order valence-electron chi connectivity index (χ2n) is 8.22. The first kappa shape index (κ1) is 27.8. The van der Waals surface area contributed by atoms with Crippen LogP contribution in [0.2, 0.25) is 0 Å². The van der Waals surface area contributed by atoms with Gasteiger partial charge in [0.1, 0.15) is 0 Å².